The second-order valence-electron chi connectivity index (χ2n) is 7.06. The van der Waals surface area contributed by atoms with Gasteiger partial charge in [-0.1, -0.05) is 0 Å². The Morgan fingerprint density at radius 1 is 1.28 bits per heavy atom. The van der Waals surface area contributed by atoms with Crippen LogP contribution in [0.4, 0.5) is 0 Å². The maximum absolute atomic E-state index is 12.4. The minimum absolute atomic E-state index is 0.0877. The van der Waals surface area contributed by atoms with Crippen LogP contribution in [0.15, 0.2) is 35.9 Å². The standard InChI is InChI=1S/C23H29N3O3/c1-16(2)29-12-6-11-25-23(27)20(15-24)14-19-13-17(3)26(18(19)4)21-7-9-22(28-5)10-8-21/h7-10,13-14,16H,6,11-12H2,1-5H3,(H,25,27)/b20-14-. The van der Waals surface area contributed by atoms with Crippen LogP contribution in [0.25, 0.3) is 11.8 Å². The average Bonchev–Trinajstić information content (AvgIpc) is 2.98. The first-order chi connectivity index (χ1) is 13.9. The highest BCUT2D eigenvalue weighted by Gasteiger charge is 2.13. The Hall–Kier alpha value is -3.04. The van der Waals surface area contributed by atoms with Gasteiger partial charge in [0.15, 0.2) is 0 Å². The van der Waals surface area contributed by atoms with Crippen LogP contribution in [0.5, 0.6) is 5.75 Å². The number of hydrogen-bond acceptors (Lipinski definition) is 4. The normalized spacial score (nSPS) is 11.4. The van der Waals surface area contributed by atoms with Gasteiger partial charge in [0.05, 0.1) is 13.2 Å². The molecule has 0 atom stereocenters. The second-order valence-corrected chi connectivity index (χ2v) is 7.06. The second kappa shape index (κ2) is 10.5. The number of nitrogens with one attached hydrogen (secondary N) is 1. The molecule has 1 N–H and O–H groups in total. The first kappa shape index (κ1) is 22.3. The lowest BCUT2D eigenvalue weighted by atomic mass is 10.1. The van der Waals surface area contributed by atoms with Crippen LogP contribution in [-0.2, 0) is 9.53 Å². The minimum atomic E-state index is -0.369. The number of aryl methyl sites for hydroxylation is 1. The molecule has 0 saturated carbocycles. The Labute approximate surface area is 172 Å². The molecule has 1 aromatic heterocycles. The molecule has 0 unspecified atom stereocenters. The summed E-state index contributed by atoms with van der Waals surface area (Å²) in [6.45, 7) is 8.95. The summed E-state index contributed by atoms with van der Waals surface area (Å²) in [4.78, 5) is 12.4. The lowest BCUT2D eigenvalue weighted by Crippen LogP contribution is -2.26. The number of nitriles is 1. The fourth-order valence-corrected chi connectivity index (χ4v) is 3.05. The fraction of sp³-hybridized carbons (Fsp3) is 0.391. The van der Waals surface area contributed by atoms with Crippen LogP contribution < -0.4 is 10.1 Å². The van der Waals surface area contributed by atoms with Crippen molar-refractivity contribution in [2.24, 2.45) is 0 Å². The summed E-state index contributed by atoms with van der Waals surface area (Å²) < 4.78 is 12.8. The number of benzene rings is 1. The fourth-order valence-electron chi connectivity index (χ4n) is 3.05. The predicted molar refractivity (Wildman–Crippen MR) is 114 cm³/mol. The minimum Gasteiger partial charge on any atom is -0.497 e. The number of carbonyl (C=O) groups excluding carboxylic acids is 1. The molecular weight excluding hydrogens is 366 g/mol. The molecule has 0 spiro atoms. The Kier molecular flexibility index (Phi) is 8.05. The summed E-state index contributed by atoms with van der Waals surface area (Å²) in [6, 6.07) is 11.7. The Balaban J connectivity index is 2.15. The van der Waals surface area contributed by atoms with E-state index in [9.17, 15) is 10.1 Å². The molecule has 154 valence electrons. The van der Waals surface area contributed by atoms with Crippen molar-refractivity contribution in [2.45, 2.75) is 40.2 Å². The van der Waals surface area contributed by atoms with Gasteiger partial charge in [-0.15, -0.1) is 0 Å². The van der Waals surface area contributed by atoms with Gasteiger partial charge in [-0.05, 0) is 76.1 Å². The number of aromatic nitrogens is 1. The number of rotatable bonds is 9. The molecule has 2 aromatic rings. The highest BCUT2D eigenvalue weighted by Crippen LogP contribution is 2.24. The third-order valence-electron chi connectivity index (χ3n) is 4.52. The van der Waals surface area contributed by atoms with Crippen LogP contribution in [0.1, 0.15) is 37.2 Å². The third kappa shape index (κ3) is 5.97. The predicted octanol–water partition coefficient (Wildman–Crippen LogP) is 3.94. The van der Waals surface area contributed by atoms with E-state index in [0.717, 1.165) is 28.4 Å². The number of carbonyl (C=O) groups is 1. The van der Waals surface area contributed by atoms with Gasteiger partial charge in [-0.25, -0.2) is 0 Å². The summed E-state index contributed by atoms with van der Waals surface area (Å²) in [5, 5.41) is 12.2. The van der Waals surface area contributed by atoms with Crippen LogP contribution in [-0.4, -0.2) is 36.8 Å². The van der Waals surface area contributed by atoms with Crippen LogP contribution in [0.3, 0.4) is 0 Å². The van der Waals surface area contributed by atoms with Gasteiger partial charge in [0.2, 0.25) is 0 Å². The molecule has 6 heteroatoms. The molecule has 1 aromatic carbocycles. The number of amides is 1. The molecular formula is C23H29N3O3. The topological polar surface area (TPSA) is 76.3 Å². The molecule has 2 rings (SSSR count). The van der Waals surface area contributed by atoms with Crippen molar-refractivity contribution >= 4 is 12.0 Å². The Morgan fingerprint density at radius 2 is 1.97 bits per heavy atom. The van der Waals surface area contributed by atoms with Crippen LogP contribution >= 0.6 is 0 Å². The van der Waals surface area contributed by atoms with E-state index >= 15 is 0 Å². The van der Waals surface area contributed by atoms with E-state index in [2.05, 4.69) is 9.88 Å². The van der Waals surface area contributed by atoms with Crippen molar-refractivity contribution in [3.8, 4) is 17.5 Å². The van der Waals surface area contributed by atoms with E-state index < -0.39 is 0 Å². The first-order valence-electron chi connectivity index (χ1n) is 9.72. The van der Waals surface area contributed by atoms with Crippen molar-refractivity contribution < 1.29 is 14.3 Å². The average molecular weight is 396 g/mol. The summed E-state index contributed by atoms with van der Waals surface area (Å²) in [7, 11) is 1.63. The molecule has 0 saturated heterocycles. The highest BCUT2D eigenvalue weighted by molar-refractivity contribution is 6.01. The summed E-state index contributed by atoms with van der Waals surface area (Å²) in [5.74, 6) is 0.421. The molecule has 0 fully saturated rings. The van der Waals surface area contributed by atoms with Crippen molar-refractivity contribution in [2.75, 3.05) is 20.3 Å². The van der Waals surface area contributed by atoms with Crippen molar-refractivity contribution in [1.82, 2.24) is 9.88 Å². The molecule has 0 aliphatic heterocycles. The zero-order valence-electron chi connectivity index (χ0n) is 17.8. The quantitative estimate of drug-likeness (QED) is 0.396. The maximum Gasteiger partial charge on any atom is 0.261 e. The zero-order chi connectivity index (χ0) is 21.4. The van der Waals surface area contributed by atoms with E-state index in [1.165, 1.54) is 0 Å². The van der Waals surface area contributed by atoms with Crippen molar-refractivity contribution in [3.05, 3.63) is 52.9 Å². The third-order valence-corrected chi connectivity index (χ3v) is 4.52. The molecule has 1 amide bonds. The van der Waals surface area contributed by atoms with Gasteiger partial charge in [0, 0.05) is 30.2 Å². The number of nitrogens with zero attached hydrogens (tertiary/aromatic N) is 2. The number of hydrogen-bond donors (Lipinski definition) is 1. The summed E-state index contributed by atoms with van der Waals surface area (Å²) >= 11 is 0. The van der Waals surface area contributed by atoms with E-state index in [1.807, 2.05) is 64.1 Å². The van der Waals surface area contributed by atoms with E-state index in [4.69, 9.17) is 9.47 Å². The van der Waals surface area contributed by atoms with Gasteiger partial charge in [0.25, 0.3) is 5.91 Å². The molecule has 0 bridgehead atoms. The first-order valence-corrected chi connectivity index (χ1v) is 9.72. The molecule has 29 heavy (non-hydrogen) atoms. The van der Waals surface area contributed by atoms with Gasteiger partial charge in [-0.3, -0.25) is 4.79 Å². The van der Waals surface area contributed by atoms with E-state index in [1.54, 1.807) is 13.2 Å². The van der Waals surface area contributed by atoms with Gasteiger partial charge >= 0.3 is 0 Å². The molecule has 0 radical (unpaired) electrons. The maximum atomic E-state index is 12.4. The van der Waals surface area contributed by atoms with E-state index in [0.29, 0.717) is 19.6 Å². The van der Waals surface area contributed by atoms with Gasteiger partial charge in [-0.2, -0.15) is 5.26 Å². The van der Waals surface area contributed by atoms with Crippen molar-refractivity contribution in [1.29, 1.82) is 5.26 Å². The molecule has 1 heterocycles. The smallest absolute Gasteiger partial charge is 0.261 e. The lowest BCUT2D eigenvalue weighted by molar-refractivity contribution is -0.117. The van der Waals surface area contributed by atoms with Gasteiger partial charge < -0.3 is 19.4 Å². The number of methoxy groups -OCH3 is 1. The number of ether oxygens (including phenoxy) is 2. The summed E-state index contributed by atoms with van der Waals surface area (Å²) in [5.41, 5.74) is 3.90. The Morgan fingerprint density at radius 3 is 2.55 bits per heavy atom. The largest absolute Gasteiger partial charge is 0.497 e. The Bertz CT molecular complexity index is 903. The van der Waals surface area contributed by atoms with Crippen LogP contribution in [0, 0.1) is 25.2 Å². The highest BCUT2D eigenvalue weighted by atomic mass is 16.5. The molecule has 0 aliphatic rings. The van der Waals surface area contributed by atoms with E-state index in [-0.39, 0.29) is 17.6 Å². The lowest BCUT2D eigenvalue weighted by Gasteiger charge is -2.10. The monoisotopic (exact) mass is 395 g/mol. The van der Waals surface area contributed by atoms with Crippen LogP contribution in [0.2, 0.25) is 0 Å². The molecule has 0 aliphatic carbocycles. The molecule has 6 nitrogen and oxygen atoms in total. The zero-order valence-corrected chi connectivity index (χ0v) is 17.8. The summed E-state index contributed by atoms with van der Waals surface area (Å²) in [6.07, 6.45) is 2.51. The SMILES string of the molecule is COc1ccc(-n2c(C)cc(/C=C(/C#N)C(=O)NCCCOC(C)C)c2C)cc1. The van der Waals surface area contributed by atoms with Gasteiger partial charge in [0.1, 0.15) is 17.4 Å². The van der Waals surface area contributed by atoms with Crippen molar-refractivity contribution in [3.63, 3.8) is 0 Å².